The van der Waals surface area contributed by atoms with Crippen molar-refractivity contribution in [1.82, 2.24) is 25.3 Å². The van der Waals surface area contributed by atoms with Gasteiger partial charge in [0.25, 0.3) is 5.91 Å². The Morgan fingerprint density at radius 3 is 2.86 bits per heavy atom. The molecule has 4 rings (SSSR count). The summed E-state index contributed by atoms with van der Waals surface area (Å²) in [5.74, 6) is 0.134. The number of aromatic hydroxyl groups is 1. The molecule has 2 atom stereocenters. The van der Waals surface area contributed by atoms with Crippen molar-refractivity contribution >= 4 is 24.1 Å². The Morgan fingerprint density at radius 1 is 1.30 bits per heavy atom. The average molecular weight is 511 g/mol. The molecular formula is C25H30N6O6. The number of nitrogens with zero attached hydrogens (tertiary/aromatic N) is 3. The van der Waals surface area contributed by atoms with Crippen LogP contribution in [0.5, 0.6) is 11.6 Å². The summed E-state index contributed by atoms with van der Waals surface area (Å²) in [7, 11) is 1.61. The number of phenolic OH excluding ortho intramolecular Hbond substituents is 1. The smallest absolute Gasteiger partial charge is 0.407 e. The number of aryl methyl sites for hydroxylation is 1. The van der Waals surface area contributed by atoms with Crippen LogP contribution in [0.4, 0.5) is 10.6 Å². The molecule has 1 aliphatic rings. The van der Waals surface area contributed by atoms with Crippen molar-refractivity contribution in [2.75, 3.05) is 5.32 Å². The van der Waals surface area contributed by atoms with Crippen LogP contribution in [0.1, 0.15) is 71.1 Å². The Kier molecular flexibility index (Phi) is 7.75. The Hall–Kier alpha value is -4.35. The molecule has 1 aliphatic carbocycles. The predicted molar refractivity (Wildman–Crippen MR) is 133 cm³/mol. The van der Waals surface area contributed by atoms with E-state index in [9.17, 15) is 19.5 Å². The van der Waals surface area contributed by atoms with Crippen LogP contribution in [-0.4, -0.2) is 55.5 Å². The highest BCUT2D eigenvalue weighted by atomic mass is 16.6. The van der Waals surface area contributed by atoms with Gasteiger partial charge in [-0.3, -0.25) is 19.4 Å². The van der Waals surface area contributed by atoms with E-state index in [1.54, 1.807) is 25.2 Å². The minimum atomic E-state index is -0.424. The summed E-state index contributed by atoms with van der Waals surface area (Å²) in [6.45, 7) is 3.74. The largest absolute Gasteiger partial charge is 0.507 e. The number of alkyl carbamates (subject to hydrolysis) is 1. The predicted octanol–water partition coefficient (Wildman–Crippen LogP) is 3.26. The van der Waals surface area contributed by atoms with E-state index in [4.69, 9.17) is 9.47 Å². The molecule has 3 aromatic rings. The Labute approximate surface area is 213 Å². The fraction of sp³-hybridized carbons (Fsp3) is 0.400. The standard InChI is InChI=1S/C25H30N6O6/c1-14(2)26-25(35)37-17-8-7-15(9-17)19-10-22(29-28-19)27-24(34)20-11-23(30-31(20)3)36-13-16-5-4-6-21(33)18(16)12-32/h4-6,10-12,14-15,17,33H,7-9,13H2,1-3H3,(H,26,35)(H2,27,28,29,34)/t15-,17+/m0/s1. The second-order valence-electron chi connectivity index (χ2n) is 9.25. The van der Waals surface area contributed by atoms with E-state index in [1.165, 1.54) is 16.8 Å². The number of ether oxygens (including phenoxy) is 2. The number of phenols is 1. The number of benzene rings is 1. The monoisotopic (exact) mass is 510 g/mol. The molecule has 2 heterocycles. The number of rotatable bonds is 9. The van der Waals surface area contributed by atoms with E-state index >= 15 is 0 Å². The summed E-state index contributed by atoms with van der Waals surface area (Å²) in [4.78, 5) is 35.9. The van der Waals surface area contributed by atoms with Crippen LogP contribution in [0.25, 0.3) is 0 Å². The minimum Gasteiger partial charge on any atom is -0.507 e. The zero-order valence-electron chi connectivity index (χ0n) is 20.9. The molecule has 37 heavy (non-hydrogen) atoms. The van der Waals surface area contributed by atoms with Crippen LogP contribution < -0.4 is 15.4 Å². The number of nitrogens with one attached hydrogen (secondary N) is 3. The molecule has 0 radical (unpaired) electrons. The van der Waals surface area contributed by atoms with Crippen LogP contribution in [0.15, 0.2) is 30.3 Å². The number of anilines is 1. The van der Waals surface area contributed by atoms with Gasteiger partial charge in [-0.05, 0) is 39.2 Å². The topological polar surface area (TPSA) is 160 Å². The number of carbonyl (C=O) groups excluding carboxylic acids is 3. The minimum absolute atomic E-state index is 0.00546. The van der Waals surface area contributed by atoms with Gasteiger partial charge in [0.2, 0.25) is 5.88 Å². The maximum absolute atomic E-state index is 12.8. The molecule has 1 saturated carbocycles. The quantitative estimate of drug-likeness (QED) is 0.319. The van der Waals surface area contributed by atoms with E-state index in [2.05, 4.69) is 25.9 Å². The molecular weight excluding hydrogens is 480 g/mol. The summed E-state index contributed by atoms with van der Waals surface area (Å²) in [5.41, 5.74) is 1.74. The molecule has 1 fully saturated rings. The van der Waals surface area contributed by atoms with Crippen molar-refractivity contribution in [3.63, 3.8) is 0 Å². The van der Waals surface area contributed by atoms with Gasteiger partial charge in [-0.1, -0.05) is 12.1 Å². The van der Waals surface area contributed by atoms with E-state index < -0.39 is 12.0 Å². The fourth-order valence-electron chi connectivity index (χ4n) is 4.28. The third kappa shape index (κ3) is 6.26. The molecule has 196 valence electrons. The molecule has 0 saturated heterocycles. The van der Waals surface area contributed by atoms with Crippen LogP contribution in [0, 0.1) is 0 Å². The first-order chi connectivity index (χ1) is 17.7. The van der Waals surface area contributed by atoms with Gasteiger partial charge < -0.3 is 25.2 Å². The number of H-pyrrole nitrogens is 1. The molecule has 0 unspecified atom stereocenters. The first kappa shape index (κ1) is 25.7. The Morgan fingerprint density at radius 2 is 2.11 bits per heavy atom. The lowest BCUT2D eigenvalue weighted by molar-refractivity contribution is 0.0979. The van der Waals surface area contributed by atoms with Gasteiger partial charge in [0.15, 0.2) is 12.1 Å². The van der Waals surface area contributed by atoms with Crippen LogP contribution in [0.2, 0.25) is 0 Å². The molecule has 12 heteroatoms. The molecule has 4 N–H and O–H groups in total. The van der Waals surface area contributed by atoms with E-state index in [-0.39, 0.29) is 47.6 Å². The number of carbonyl (C=O) groups is 3. The first-order valence-electron chi connectivity index (χ1n) is 12.0. The SMILES string of the molecule is CC(C)NC(=O)O[C@@H]1CC[C@H](c2cc(NC(=O)c3cc(OCc4cccc(O)c4C=O)nn3C)n[nH]2)C1. The molecule has 0 spiro atoms. The zero-order chi connectivity index (χ0) is 26.5. The van der Waals surface area contributed by atoms with Gasteiger partial charge >= 0.3 is 6.09 Å². The third-order valence-corrected chi connectivity index (χ3v) is 6.10. The van der Waals surface area contributed by atoms with Gasteiger partial charge in [-0.2, -0.15) is 5.10 Å². The highest BCUT2D eigenvalue weighted by Gasteiger charge is 2.30. The number of aldehydes is 1. The molecule has 1 aromatic carbocycles. The van der Waals surface area contributed by atoms with Crippen LogP contribution in [0.3, 0.4) is 0 Å². The number of hydrogen-bond acceptors (Lipinski definition) is 8. The lowest BCUT2D eigenvalue weighted by Gasteiger charge is -2.14. The van der Waals surface area contributed by atoms with Gasteiger partial charge in [-0.15, -0.1) is 5.10 Å². The zero-order valence-corrected chi connectivity index (χ0v) is 20.9. The van der Waals surface area contributed by atoms with E-state index in [0.29, 0.717) is 24.1 Å². The average Bonchev–Trinajstić information content (AvgIpc) is 3.57. The summed E-state index contributed by atoms with van der Waals surface area (Å²) in [6, 6.07) is 7.96. The molecule has 2 aromatic heterocycles. The number of amides is 2. The van der Waals surface area contributed by atoms with Crippen molar-refractivity contribution in [1.29, 1.82) is 0 Å². The van der Waals surface area contributed by atoms with Crippen molar-refractivity contribution in [2.45, 2.75) is 57.8 Å². The van der Waals surface area contributed by atoms with Crippen LogP contribution in [-0.2, 0) is 18.4 Å². The maximum Gasteiger partial charge on any atom is 0.407 e. The molecule has 12 nitrogen and oxygen atoms in total. The summed E-state index contributed by atoms with van der Waals surface area (Å²) >= 11 is 0. The van der Waals surface area contributed by atoms with E-state index in [0.717, 1.165) is 18.5 Å². The highest BCUT2D eigenvalue weighted by molar-refractivity contribution is 6.02. The number of hydrogen-bond donors (Lipinski definition) is 4. The first-order valence-corrected chi connectivity index (χ1v) is 12.0. The highest BCUT2D eigenvalue weighted by Crippen LogP contribution is 2.36. The number of aromatic nitrogens is 4. The molecule has 2 amide bonds. The third-order valence-electron chi connectivity index (χ3n) is 6.10. The Bertz CT molecular complexity index is 1280. The summed E-state index contributed by atoms with van der Waals surface area (Å²) in [6.07, 6.45) is 2.25. The second-order valence-corrected chi connectivity index (χ2v) is 9.25. The van der Waals surface area contributed by atoms with Gasteiger partial charge in [0.1, 0.15) is 24.2 Å². The lowest BCUT2D eigenvalue weighted by atomic mass is 10.0. The fourth-order valence-corrected chi connectivity index (χ4v) is 4.28. The number of aromatic amines is 1. The molecule has 0 bridgehead atoms. The van der Waals surface area contributed by atoms with Crippen molar-refractivity contribution in [3.8, 4) is 11.6 Å². The Balaban J connectivity index is 1.33. The van der Waals surface area contributed by atoms with Crippen molar-refractivity contribution in [3.05, 3.63) is 52.8 Å². The summed E-state index contributed by atoms with van der Waals surface area (Å²) in [5, 5.41) is 26.6. The van der Waals surface area contributed by atoms with Gasteiger partial charge in [0, 0.05) is 42.4 Å². The molecule has 0 aliphatic heterocycles. The lowest BCUT2D eigenvalue weighted by Crippen LogP contribution is -2.33. The van der Waals surface area contributed by atoms with Gasteiger partial charge in [-0.25, -0.2) is 4.79 Å². The van der Waals surface area contributed by atoms with Crippen LogP contribution >= 0.6 is 0 Å². The maximum atomic E-state index is 12.8. The van der Waals surface area contributed by atoms with Gasteiger partial charge in [0.05, 0.1) is 5.56 Å². The normalized spacial score (nSPS) is 17.0. The second kappa shape index (κ2) is 11.1. The van der Waals surface area contributed by atoms with Crippen molar-refractivity contribution < 1.29 is 29.0 Å². The van der Waals surface area contributed by atoms with E-state index in [1.807, 2.05) is 13.8 Å². The van der Waals surface area contributed by atoms with Crippen molar-refractivity contribution in [2.24, 2.45) is 7.05 Å². The summed E-state index contributed by atoms with van der Waals surface area (Å²) < 4.78 is 12.5.